The lowest BCUT2D eigenvalue weighted by Gasteiger charge is -2.52. The van der Waals surface area contributed by atoms with Crippen molar-refractivity contribution in [2.75, 3.05) is 24.6 Å². The zero-order valence-corrected chi connectivity index (χ0v) is 15.6. The van der Waals surface area contributed by atoms with Gasteiger partial charge in [-0.05, 0) is 93.5 Å². The van der Waals surface area contributed by atoms with Crippen molar-refractivity contribution in [3.63, 3.8) is 0 Å². The maximum atomic E-state index is 12.5. The van der Waals surface area contributed by atoms with E-state index in [0.717, 1.165) is 25.1 Å². The van der Waals surface area contributed by atoms with Crippen LogP contribution in [-0.2, 0) is 10.2 Å². The summed E-state index contributed by atoms with van der Waals surface area (Å²) in [5, 5.41) is 3.05. The van der Waals surface area contributed by atoms with Crippen molar-refractivity contribution >= 4 is 17.3 Å². The molecule has 25 heavy (non-hydrogen) atoms. The van der Waals surface area contributed by atoms with E-state index in [1.165, 1.54) is 44.1 Å². The van der Waals surface area contributed by atoms with Crippen molar-refractivity contribution in [2.45, 2.75) is 69.7 Å². The first kappa shape index (κ1) is 16.9. The third-order valence-electron chi connectivity index (χ3n) is 7.37. The van der Waals surface area contributed by atoms with E-state index in [1.54, 1.807) is 0 Å². The van der Waals surface area contributed by atoms with Gasteiger partial charge in [0.15, 0.2) is 0 Å². The van der Waals surface area contributed by atoms with Crippen LogP contribution < -0.4 is 11.1 Å². The molecule has 0 aromatic heterocycles. The Morgan fingerprint density at radius 3 is 2.44 bits per heavy atom. The number of anilines is 2. The molecule has 0 spiro atoms. The predicted octanol–water partition coefficient (Wildman–Crippen LogP) is 3.91. The smallest absolute Gasteiger partial charge is 0.241 e. The number of nitrogen functional groups attached to an aromatic ring is 1. The van der Waals surface area contributed by atoms with E-state index >= 15 is 0 Å². The Morgan fingerprint density at radius 2 is 1.88 bits per heavy atom. The second kappa shape index (κ2) is 6.01. The summed E-state index contributed by atoms with van der Waals surface area (Å²) in [6.07, 6.45) is 9.86. The average molecular weight is 341 g/mol. The van der Waals surface area contributed by atoms with Crippen LogP contribution in [-0.4, -0.2) is 30.4 Å². The molecule has 3 saturated carbocycles. The Balaban J connectivity index is 1.50. The zero-order chi connectivity index (χ0) is 17.7. The lowest BCUT2D eigenvalue weighted by atomic mass is 9.52. The maximum absolute atomic E-state index is 12.5. The van der Waals surface area contributed by atoms with Gasteiger partial charge < -0.3 is 11.1 Å². The van der Waals surface area contributed by atoms with Gasteiger partial charge in [-0.1, -0.05) is 13.0 Å². The Kier molecular flexibility index (Phi) is 4.06. The quantitative estimate of drug-likeness (QED) is 0.820. The topological polar surface area (TPSA) is 58.4 Å². The van der Waals surface area contributed by atoms with Crippen molar-refractivity contribution in [3.05, 3.63) is 23.8 Å². The van der Waals surface area contributed by atoms with E-state index < -0.39 is 0 Å². The van der Waals surface area contributed by atoms with Gasteiger partial charge in [0.2, 0.25) is 5.91 Å². The van der Waals surface area contributed by atoms with Crippen LogP contribution in [0.3, 0.4) is 0 Å². The molecule has 2 bridgehead atoms. The number of benzene rings is 1. The van der Waals surface area contributed by atoms with Crippen molar-refractivity contribution in [1.82, 2.24) is 4.90 Å². The summed E-state index contributed by atoms with van der Waals surface area (Å²) in [6.45, 7) is 3.44. The first-order chi connectivity index (χ1) is 11.9. The third kappa shape index (κ3) is 2.95. The van der Waals surface area contributed by atoms with Gasteiger partial charge in [0.25, 0.3) is 0 Å². The van der Waals surface area contributed by atoms with Gasteiger partial charge in [-0.25, -0.2) is 0 Å². The van der Waals surface area contributed by atoms with E-state index in [9.17, 15) is 4.79 Å². The minimum absolute atomic E-state index is 0.0213. The van der Waals surface area contributed by atoms with E-state index in [1.807, 2.05) is 13.1 Å². The number of hydrogen-bond acceptors (Lipinski definition) is 3. The predicted molar refractivity (Wildman–Crippen MR) is 103 cm³/mol. The molecule has 3 aliphatic carbocycles. The molecule has 1 aromatic rings. The minimum atomic E-state index is -0.0213. The fourth-order valence-electron chi connectivity index (χ4n) is 5.27. The number of likely N-dealkylation sites (N-methyl/N-ethyl adjacent to an activating group) is 1. The van der Waals surface area contributed by atoms with Crippen LogP contribution in [0.15, 0.2) is 18.2 Å². The number of likely N-dealkylation sites (tertiary alicyclic amines) is 1. The van der Waals surface area contributed by atoms with Crippen LogP contribution in [0.4, 0.5) is 11.4 Å². The summed E-state index contributed by atoms with van der Waals surface area (Å²) in [4.78, 5) is 14.6. The SMILES string of the molecule is CN1CCCC1C(=O)Nc1ccc(C23CCC(C)(CC2)CC3)cc1N. The molecule has 1 saturated heterocycles. The fourth-order valence-corrected chi connectivity index (χ4v) is 5.27. The highest BCUT2D eigenvalue weighted by Crippen LogP contribution is 2.57. The molecule has 5 rings (SSSR count). The van der Waals surface area contributed by atoms with Crippen molar-refractivity contribution in [2.24, 2.45) is 5.41 Å². The van der Waals surface area contributed by atoms with Gasteiger partial charge in [-0.3, -0.25) is 9.69 Å². The van der Waals surface area contributed by atoms with Crippen LogP contribution >= 0.6 is 0 Å². The molecule has 1 aliphatic heterocycles. The van der Waals surface area contributed by atoms with Gasteiger partial charge in [-0.15, -0.1) is 0 Å². The summed E-state index contributed by atoms with van der Waals surface area (Å²) in [5.74, 6) is 0.0729. The highest BCUT2D eigenvalue weighted by molar-refractivity contribution is 5.97. The molecule has 1 heterocycles. The molecular weight excluding hydrogens is 310 g/mol. The largest absolute Gasteiger partial charge is 0.397 e. The summed E-state index contributed by atoms with van der Waals surface area (Å²) >= 11 is 0. The molecule has 1 amide bonds. The van der Waals surface area contributed by atoms with E-state index in [2.05, 4.69) is 29.3 Å². The summed E-state index contributed by atoms with van der Waals surface area (Å²) in [5.41, 5.74) is 10.1. The van der Waals surface area contributed by atoms with Crippen LogP contribution in [0.1, 0.15) is 63.9 Å². The number of hydrogen-bond donors (Lipinski definition) is 2. The fraction of sp³-hybridized carbons (Fsp3) is 0.667. The zero-order valence-electron chi connectivity index (χ0n) is 15.6. The number of nitrogens with zero attached hydrogens (tertiary/aromatic N) is 1. The Labute approximate surface area is 151 Å². The second-order valence-corrected chi connectivity index (χ2v) is 9.02. The molecule has 4 heteroatoms. The molecule has 3 N–H and O–H groups in total. The van der Waals surface area contributed by atoms with Crippen LogP contribution in [0.2, 0.25) is 0 Å². The number of amides is 1. The van der Waals surface area contributed by atoms with Gasteiger partial charge in [-0.2, -0.15) is 0 Å². The molecule has 1 aromatic carbocycles. The standard InChI is InChI=1S/C21H31N3O/c1-20-7-10-21(11-8-20,12-9-20)15-5-6-17(16(22)14-15)23-19(25)18-4-3-13-24(18)2/h5-6,14,18H,3-4,7-13,22H2,1-2H3,(H,23,25). The van der Waals surface area contributed by atoms with Gasteiger partial charge >= 0.3 is 0 Å². The molecule has 4 aliphatic rings. The molecule has 1 unspecified atom stereocenters. The maximum Gasteiger partial charge on any atom is 0.241 e. The molecular formula is C21H31N3O. The first-order valence-electron chi connectivity index (χ1n) is 9.82. The highest BCUT2D eigenvalue weighted by atomic mass is 16.2. The van der Waals surface area contributed by atoms with E-state index in [0.29, 0.717) is 16.5 Å². The average Bonchev–Trinajstić information content (AvgIpc) is 3.04. The monoisotopic (exact) mass is 341 g/mol. The van der Waals surface area contributed by atoms with E-state index in [4.69, 9.17) is 5.73 Å². The molecule has 4 nitrogen and oxygen atoms in total. The number of nitrogens with two attached hydrogens (primary N) is 1. The third-order valence-corrected chi connectivity index (χ3v) is 7.37. The molecule has 4 fully saturated rings. The number of fused-ring (bicyclic) bond motifs is 3. The Morgan fingerprint density at radius 1 is 1.20 bits per heavy atom. The van der Waals surface area contributed by atoms with Gasteiger partial charge in [0, 0.05) is 0 Å². The number of carbonyl (C=O) groups excluding carboxylic acids is 1. The normalized spacial score (nSPS) is 35.0. The summed E-state index contributed by atoms with van der Waals surface area (Å²) in [7, 11) is 2.02. The number of carbonyl (C=O) groups is 1. The second-order valence-electron chi connectivity index (χ2n) is 9.02. The first-order valence-corrected chi connectivity index (χ1v) is 9.82. The van der Waals surface area contributed by atoms with Gasteiger partial charge in [0.1, 0.15) is 0 Å². The van der Waals surface area contributed by atoms with Gasteiger partial charge in [0.05, 0.1) is 17.4 Å². The van der Waals surface area contributed by atoms with E-state index in [-0.39, 0.29) is 11.9 Å². The molecule has 136 valence electrons. The lowest BCUT2D eigenvalue weighted by Crippen LogP contribution is -2.42. The van der Waals surface area contributed by atoms with Crippen molar-refractivity contribution < 1.29 is 4.79 Å². The molecule has 0 radical (unpaired) electrons. The van der Waals surface area contributed by atoms with Crippen molar-refractivity contribution in [3.8, 4) is 0 Å². The number of rotatable bonds is 3. The van der Waals surface area contributed by atoms with Crippen LogP contribution in [0.5, 0.6) is 0 Å². The van der Waals surface area contributed by atoms with Crippen LogP contribution in [0.25, 0.3) is 0 Å². The van der Waals surface area contributed by atoms with Crippen molar-refractivity contribution in [1.29, 1.82) is 0 Å². The summed E-state index contributed by atoms with van der Waals surface area (Å²) < 4.78 is 0. The molecule has 1 atom stereocenters. The lowest BCUT2D eigenvalue weighted by molar-refractivity contribution is -0.119. The Hall–Kier alpha value is -1.55. The van der Waals surface area contributed by atoms with Crippen LogP contribution in [0, 0.1) is 5.41 Å². The Bertz CT molecular complexity index is 659. The number of nitrogens with one attached hydrogen (secondary N) is 1. The minimum Gasteiger partial charge on any atom is -0.397 e. The summed E-state index contributed by atoms with van der Waals surface area (Å²) in [6, 6.07) is 6.33. The highest BCUT2D eigenvalue weighted by Gasteiger charge is 2.47.